The van der Waals surface area contributed by atoms with Crippen LogP contribution in [0.15, 0.2) is 18.2 Å². The predicted molar refractivity (Wildman–Crippen MR) is 74.2 cm³/mol. The number of carbonyl (C=O) groups excluding carboxylic acids is 2. The molecule has 1 amide bonds. The molecule has 0 saturated heterocycles. The normalized spacial score (nSPS) is 10.5. The zero-order valence-electron chi connectivity index (χ0n) is 13.4. The summed E-state index contributed by atoms with van der Waals surface area (Å²) in [7, 11) is 0. The topological polar surface area (TPSA) is 78.5 Å². The fraction of sp³-hybridized carbons (Fsp3) is 0.467. The van der Waals surface area contributed by atoms with Crippen molar-refractivity contribution in [3.63, 3.8) is 0 Å². The van der Waals surface area contributed by atoms with Crippen LogP contribution in [0, 0.1) is 11.2 Å². The summed E-state index contributed by atoms with van der Waals surface area (Å²) in [5, 5.41) is 13.0. The van der Waals surface area contributed by atoms with Crippen molar-refractivity contribution in [2.24, 2.45) is 5.41 Å². The van der Waals surface area contributed by atoms with Gasteiger partial charge in [-0.2, -0.15) is 0 Å². The summed E-state index contributed by atoms with van der Waals surface area (Å²) in [6.07, 6.45) is -0.292. The van der Waals surface area contributed by atoms with Crippen molar-refractivity contribution in [3.8, 4) is 5.75 Å². The summed E-state index contributed by atoms with van der Waals surface area (Å²) >= 11 is 0. The second-order valence-electron chi connectivity index (χ2n) is 5.51. The van der Waals surface area contributed by atoms with Crippen molar-refractivity contribution >= 4 is 17.6 Å². The number of nitrogens with one attached hydrogen (secondary N) is 1. The molecule has 0 radical (unpaired) electrons. The first kappa shape index (κ1) is 20.9. The molecule has 0 spiro atoms. The molecule has 1 N–H and O–H groups in total. The Hall–Kier alpha value is -1.11. The molecule has 0 fully saturated rings. The summed E-state index contributed by atoms with van der Waals surface area (Å²) < 4.78 is 18.9. The molecule has 1 aromatic carbocycles. The fourth-order valence-corrected chi connectivity index (χ4v) is 1.94. The Morgan fingerprint density at radius 2 is 1.95 bits per heavy atom. The van der Waals surface area contributed by atoms with Crippen LogP contribution in [0.2, 0.25) is 0 Å². The van der Waals surface area contributed by atoms with Gasteiger partial charge < -0.3 is 20.0 Å². The predicted octanol–water partition coefficient (Wildman–Crippen LogP) is -1.28. The molecule has 0 saturated carbocycles. The van der Waals surface area contributed by atoms with E-state index in [9.17, 15) is 19.1 Å². The number of hydrogen-bond donors (Lipinski definition) is 1. The van der Waals surface area contributed by atoms with Crippen LogP contribution in [-0.2, 0) is 9.59 Å². The SMILES string of the molecule is CCOc1ccc(NC(=O)CC(C)(C)CC(=O)[O-])c(F)c1.[Na+]. The number of halogens is 1. The minimum atomic E-state index is -1.22. The molecule has 5 nitrogen and oxygen atoms in total. The fourth-order valence-electron chi connectivity index (χ4n) is 1.94. The zero-order chi connectivity index (χ0) is 16.0. The average molecular weight is 319 g/mol. The first-order valence-corrected chi connectivity index (χ1v) is 6.65. The molecule has 0 aromatic heterocycles. The number of benzene rings is 1. The van der Waals surface area contributed by atoms with Gasteiger partial charge in [-0.3, -0.25) is 4.79 Å². The van der Waals surface area contributed by atoms with Gasteiger partial charge in [0, 0.05) is 18.5 Å². The average Bonchev–Trinajstić information content (AvgIpc) is 2.30. The van der Waals surface area contributed by atoms with E-state index in [1.54, 1.807) is 26.8 Å². The summed E-state index contributed by atoms with van der Waals surface area (Å²) in [4.78, 5) is 22.4. The van der Waals surface area contributed by atoms with Gasteiger partial charge in [0.15, 0.2) is 0 Å². The molecule has 1 rings (SSSR count). The number of carboxylic acid groups (broad SMARTS) is 1. The number of hydrogen-bond acceptors (Lipinski definition) is 4. The maximum Gasteiger partial charge on any atom is 1.00 e. The Morgan fingerprint density at radius 3 is 2.45 bits per heavy atom. The summed E-state index contributed by atoms with van der Waals surface area (Å²) in [6, 6.07) is 4.14. The monoisotopic (exact) mass is 319 g/mol. The summed E-state index contributed by atoms with van der Waals surface area (Å²) in [5.74, 6) is -1.90. The molecule has 7 heteroatoms. The van der Waals surface area contributed by atoms with Gasteiger partial charge in [0.1, 0.15) is 11.6 Å². The van der Waals surface area contributed by atoms with E-state index in [2.05, 4.69) is 5.32 Å². The molecule has 116 valence electrons. The van der Waals surface area contributed by atoms with E-state index in [-0.39, 0.29) is 48.1 Å². The largest absolute Gasteiger partial charge is 1.00 e. The standard InChI is InChI=1S/C15H20FNO4.Na/c1-4-21-10-5-6-12(11(16)7-10)17-13(18)8-15(2,3)9-14(19)20;/h5-7H,4,8-9H2,1-3H3,(H,17,18)(H,19,20);/q;+1/p-1. The first-order valence-electron chi connectivity index (χ1n) is 6.65. The second-order valence-corrected chi connectivity index (χ2v) is 5.51. The molecule has 0 heterocycles. The Balaban J connectivity index is 0.00000441. The van der Waals surface area contributed by atoms with E-state index < -0.39 is 23.1 Å². The van der Waals surface area contributed by atoms with Crippen LogP contribution in [0.1, 0.15) is 33.6 Å². The van der Waals surface area contributed by atoms with Gasteiger partial charge in [-0.1, -0.05) is 13.8 Å². The molecular formula is C15H19FNNaO4. The van der Waals surface area contributed by atoms with Crippen LogP contribution in [-0.4, -0.2) is 18.5 Å². The van der Waals surface area contributed by atoms with Gasteiger partial charge >= 0.3 is 29.6 Å². The molecule has 1 aromatic rings. The van der Waals surface area contributed by atoms with E-state index in [1.807, 2.05) is 0 Å². The van der Waals surface area contributed by atoms with E-state index in [0.29, 0.717) is 12.4 Å². The Labute approximate surface area is 151 Å². The smallest absolute Gasteiger partial charge is 0.550 e. The van der Waals surface area contributed by atoms with E-state index in [4.69, 9.17) is 4.74 Å². The summed E-state index contributed by atoms with van der Waals surface area (Å²) in [6.45, 7) is 5.48. The van der Waals surface area contributed by atoms with Crippen LogP contribution in [0.5, 0.6) is 5.75 Å². The van der Waals surface area contributed by atoms with E-state index >= 15 is 0 Å². The number of carboxylic acids is 1. The molecule has 0 aliphatic carbocycles. The minimum absolute atomic E-state index is 0. The molecule has 0 aliphatic rings. The van der Waals surface area contributed by atoms with Gasteiger partial charge in [0.25, 0.3) is 0 Å². The number of rotatable bonds is 7. The first-order chi connectivity index (χ1) is 9.73. The molecule has 0 atom stereocenters. The number of ether oxygens (including phenoxy) is 1. The van der Waals surface area contributed by atoms with Gasteiger partial charge in [-0.05, 0) is 30.9 Å². The van der Waals surface area contributed by atoms with Crippen molar-refractivity contribution < 1.29 is 53.4 Å². The third kappa shape index (κ3) is 7.24. The van der Waals surface area contributed by atoms with Crippen LogP contribution in [0.25, 0.3) is 0 Å². The quantitative estimate of drug-likeness (QED) is 0.635. The third-order valence-corrected chi connectivity index (χ3v) is 2.79. The third-order valence-electron chi connectivity index (χ3n) is 2.79. The number of anilines is 1. The molecular weight excluding hydrogens is 300 g/mol. The zero-order valence-corrected chi connectivity index (χ0v) is 15.4. The maximum atomic E-state index is 13.8. The summed E-state index contributed by atoms with van der Waals surface area (Å²) in [5.41, 5.74) is -0.724. The molecule has 22 heavy (non-hydrogen) atoms. The van der Waals surface area contributed by atoms with Gasteiger partial charge in [-0.25, -0.2) is 4.39 Å². The van der Waals surface area contributed by atoms with Crippen molar-refractivity contribution in [1.82, 2.24) is 0 Å². The van der Waals surface area contributed by atoms with Crippen molar-refractivity contribution in [2.45, 2.75) is 33.6 Å². The van der Waals surface area contributed by atoms with Gasteiger partial charge in [0.05, 0.1) is 12.3 Å². The van der Waals surface area contributed by atoms with Crippen LogP contribution < -0.4 is 44.7 Å². The molecule has 0 bridgehead atoms. The van der Waals surface area contributed by atoms with Crippen LogP contribution >= 0.6 is 0 Å². The van der Waals surface area contributed by atoms with Crippen molar-refractivity contribution in [1.29, 1.82) is 0 Å². The van der Waals surface area contributed by atoms with Crippen LogP contribution in [0.3, 0.4) is 0 Å². The van der Waals surface area contributed by atoms with Gasteiger partial charge in [-0.15, -0.1) is 0 Å². The van der Waals surface area contributed by atoms with Crippen molar-refractivity contribution in [3.05, 3.63) is 24.0 Å². The maximum absolute atomic E-state index is 13.8. The van der Waals surface area contributed by atoms with E-state index in [1.165, 1.54) is 12.1 Å². The molecule has 0 aliphatic heterocycles. The van der Waals surface area contributed by atoms with Gasteiger partial charge in [0.2, 0.25) is 5.91 Å². The van der Waals surface area contributed by atoms with Crippen molar-refractivity contribution in [2.75, 3.05) is 11.9 Å². The number of amides is 1. The number of aliphatic carboxylic acids is 1. The van der Waals surface area contributed by atoms with E-state index in [0.717, 1.165) is 0 Å². The number of carbonyl (C=O) groups is 2. The second kappa shape index (κ2) is 9.12. The Morgan fingerprint density at radius 1 is 1.32 bits per heavy atom. The van der Waals surface area contributed by atoms with Crippen LogP contribution in [0.4, 0.5) is 10.1 Å². The minimum Gasteiger partial charge on any atom is -0.550 e. The Kier molecular flexibility index (Phi) is 8.66. The Bertz CT molecular complexity index is 534. The molecule has 0 unspecified atom stereocenters.